The van der Waals surface area contributed by atoms with Gasteiger partial charge in [-0.15, -0.1) is 0 Å². The van der Waals surface area contributed by atoms with Gasteiger partial charge in [-0.1, -0.05) is 30.3 Å². The number of carbonyl (C=O) groups is 3. The molecule has 0 aliphatic heterocycles. The topological polar surface area (TPSA) is 87.3 Å². The third-order valence-corrected chi connectivity index (χ3v) is 4.47. The number of amides is 3. The second-order valence-electron chi connectivity index (χ2n) is 6.83. The van der Waals surface area contributed by atoms with E-state index in [-0.39, 0.29) is 30.7 Å². The third-order valence-electron chi connectivity index (χ3n) is 4.47. The van der Waals surface area contributed by atoms with Crippen LogP contribution in [0.2, 0.25) is 0 Å². The first kappa shape index (κ1) is 20.1. The molecule has 0 saturated carbocycles. The van der Waals surface area contributed by atoms with E-state index in [2.05, 4.69) is 16.0 Å². The van der Waals surface area contributed by atoms with E-state index in [9.17, 15) is 14.4 Å². The molecular weight excluding hydrogens is 366 g/mol. The summed E-state index contributed by atoms with van der Waals surface area (Å²) in [6.07, 6.45) is 0.159. The van der Waals surface area contributed by atoms with Gasteiger partial charge in [-0.25, -0.2) is 0 Å². The van der Waals surface area contributed by atoms with E-state index < -0.39 is 0 Å². The van der Waals surface area contributed by atoms with Gasteiger partial charge in [0.25, 0.3) is 5.91 Å². The number of aryl methyl sites for hydroxylation is 1. The summed E-state index contributed by atoms with van der Waals surface area (Å²) in [6, 6.07) is 18.6. The first-order chi connectivity index (χ1) is 13.9. The predicted molar refractivity (Wildman–Crippen MR) is 115 cm³/mol. The monoisotopic (exact) mass is 389 g/mol. The molecule has 3 aromatic carbocycles. The van der Waals surface area contributed by atoms with Gasteiger partial charge >= 0.3 is 0 Å². The van der Waals surface area contributed by atoms with Crippen molar-refractivity contribution in [3.8, 4) is 0 Å². The number of carbonyl (C=O) groups excluding carboxylic acids is 3. The molecule has 0 unspecified atom stereocenters. The maximum absolute atomic E-state index is 12.3. The van der Waals surface area contributed by atoms with Crippen molar-refractivity contribution >= 4 is 39.9 Å². The summed E-state index contributed by atoms with van der Waals surface area (Å²) in [4.78, 5) is 35.6. The Morgan fingerprint density at radius 3 is 2.34 bits per heavy atom. The zero-order valence-electron chi connectivity index (χ0n) is 16.4. The molecule has 0 heterocycles. The summed E-state index contributed by atoms with van der Waals surface area (Å²) in [7, 11) is 0. The van der Waals surface area contributed by atoms with Crippen LogP contribution < -0.4 is 16.0 Å². The van der Waals surface area contributed by atoms with Gasteiger partial charge in [0.05, 0.1) is 0 Å². The lowest BCUT2D eigenvalue weighted by atomic mass is 10.1. The zero-order chi connectivity index (χ0) is 20.8. The molecule has 6 heteroatoms. The number of fused-ring (bicyclic) bond motifs is 1. The molecule has 0 atom stereocenters. The highest BCUT2D eigenvalue weighted by Crippen LogP contribution is 2.20. The van der Waals surface area contributed by atoms with Crippen molar-refractivity contribution in [2.75, 3.05) is 17.2 Å². The smallest absolute Gasteiger partial charge is 0.251 e. The summed E-state index contributed by atoms with van der Waals surface area (Å²) in [6.45, 7) is 3.53. The van der Waals surface area contributed by atoms with Crippen LogP contribution in [-0.2, 0) is 9.59 Å². The van der Waals surface area contributed by atoms with Gasteiger partial charge in [-0.2, -0.15) is 0 Å². The Balaban J connectivity index is 1.50. The molecule has 29 heavy (non-hydrogen) atoms. The van der Waals surface area contributed by atoms with E-state index in [0.29, 0.717) is 16.9 Å². The van der Waals surface area contributed by atoms with Gasteiger partial charge in [0.15, 0.2) is 0 Å². The normalized spacial score (nSPS) is 10.4. The lowest BCUT2D eigenvalue weighted by molar-refractivity contribution is -0.116. The molecule has 0 saturated heterocycles. The SMILES string of the molecule is CC(=O)Nc1ccc(NC(=O)CCNC(=O)c2ccc3ccccc3c2)cc1C. The minimum atomic E-state index is -0.209. The molecule has 0 fully saturated rings. The Hall–Kier alpha value is -3.67. The second kappa shape index (κ2) is 9.01. The average Bonchev–Trinajstić information content (AvgIpc) is 2.69. The molecule has 148 valence electrons. The number of anilines is 2. The van der Waals surface area contributed by atoms with Crippen LogP contribution in [-0.4, -0.2) is 24.3 Å². The molecule has 0 radical (unpaired) electrons. The van der Waals surface area contributed by atoms with Gasteiger partial charge in [-0.05, 0) is 53.6 Å². The Kier molecular flexibility index (Phi) is 6.24. The van der Waals surface area contributed by atoms with E-state index in [1.165, 1.54) is 6.92 Å². The Bertz CT molecular complexity index is 1080. The molecule has 0 aliphatic carbocycles. The van der Waals surface area contributed by atoms with Crippen LogP contribution in [0.4, 0.5) is 11.4 Å². The largest absolute Gasteiger partial charge is 0.352 e. The average molecular weight is 389 g/mol. The van der Waals surface area contributed by atoms with Crippen LogP contribution >= 0.6 is 0 Å². The summed E-state index contributed by atoms with van der Waals surface area (Å²) >= 11 is 0. The number of nitrogens with one attached hydrogen (secondary N) is 3. The van der Waals surface area contributed by atoms with Crippen LogP contribution in [0.1, 0.15) is 29.3 Å². The fourth-order valence-electron chi connectivity index (χ4n) is 3.02. The molecule has 6 nitrogen and oxygen atoms in total. The maximum atomic E-state index is 12.3. The highest BCUT2D eigenvalue weighted by Gasteiger charge is 2.09. The first-order valence-electron chi connectivity index (χ1n) is 9.37. The minimum absolute atomic E-state index is 0.146. The highest BCUT2D eigenvalue weighted by atomic mass is 16.2. The van der Waals surface area contributed by atoms with Gasteiger partial charge in [-0.3, -0.25) is 14.4 Å². The van der Waals surface area contributed by atoms with Crippen molar-refractivity contribution in [1.29, 1.82) is 0 Å². The minimum Gasteiger partial charge on any atom is -0.352 e. The van der Waals surface area contributed by atoms with E-state index in [1.54, 1.807) is 24.3 Å². The van der Waals surface area contributed by atoms with E-state index in [4.69, 9.17) is 0 Å². The number of hydrogen-bond acceptors (Lipinski definition) is 3. The number of rotatable bonds is 6. The van der Waals surface area contributed by atoms with Crippen LogP contribution in [0.5, 0.6) is 0 Å². The van der Waals surface area contributed by atoms with Crippen molar-refractivity contribution in [2.24, 2.45) is 0 Å². The lowest BCUT2D eigenvalue weighted by Gasteiger charge is -2.10. The maximum Gasteiger partial charge on any atom is 0.251 e. The van der Waals surface area contributed by atoms with Gasteiger partial charge in [0.1, 0.15) is 0 Å². The molecule has 0 aliphatic rings. The van der Waals surface area contributed by atoms with Gasteiger partial charge < -0.3 is 16.0 Å². The third kappa shape index (κ3) is 5.42. The summed E-state index contributed by atoms with van der Waals surface area (Å²) in [5, 5.41) is 10.4. The molecule has 0 bridgehead atoms. The quantitative estimate of drug-likeness (QED) is 0.598. The molecule has 0 spiro atoms. The Labute approximate surface area is 169 Å². The molecular formula is C23H23N3O3. The van der Waals surface area contributed by atoms with Crippen LogP contribution in [0, 0.1) is 6.92 Å². The Morgan fingerprint density at radius 2 is 1.62 bits per heavy atom. The van der Waals surface area contributed by atoms with E-state index in [1.807, 2.05) is 43.3 Å². The number of benzene rings is 3. The van der Waals surface area contributed by atoms with Crippen molar-refractivity contribution in [2.45, 2.75) is 20.3 Å². The lowest BCUT2D eigenvalue weighted by Crippen LogP contribution is -2.27. The molecule has 3 aromatic rings. The van der Waals surface area contributed by atoms with Gasteiger partial charge in [0.2, 0.25) is 11.8 Å². The van der Waals surface area contributed by atoms with Crippen molar-refractivity contribution in [1.82, 2.24) is 5.32 Å². The first-order valence-corrected chi connectivity index (χ1v) is 9.37. The molecule has 0 aromatic heterocycles. The highest BCUT2D eigenvalue weighted by molar-refractivity contribution is 5.99. The van der Waals surface area contributed by atoms with Crippen molar-refractivity contribution in [3.63, 3.8) is 0 Å². The van der Waals surface area contributed by atoms with Gasteiger partial charge in [0, 0.05) is 36.8 Å². The van der Waals surface area contributed by atoms with Crippen LogP contribution in [0.3, 0.4) is 0 Å². The summed E-state index contributed by atoms with van der Waals surface area (Å²) < 4.78 is 0. The summed E-state index contributed by atoms with van der Waals surface area (Å²) in [5.74, 6) is -0.554. The fraction of sp³-hybridized carbons (Fsp3) is 0.174. The van der Waals surface area contributed by atoms with Crippen LogP contribution in [0.15, 0.2) is 60.7 Å². The molecule has 3 rings (SSSR count). The second-order valence-corrected chi connectivity index (χ2v) is 6.83. The fourth-order valence-corrected chi connectivity index (χ4v) is 3.02. The summed E-state index contributed by atoms with van der Waals surface area (Å²) in [5.41, 5.74) is 2.76. The van der Waals surface area contributed by atoms with Crippen molar-refractivity contribution in [3.05, 3.63) is 71.8 Å². The number of hydrogen-bond donors (Lipinski definition) is 3. The molecule has 3 N–H and O–H groups in total. The zero-order valence-corrected chi connectivity index (χ0v) is 16.4. The van der Waals surface area contributed by atoms with Crippen molar-refractivity contribution < 1.29 is 14.4 Å². The van der Waals surface area contributed by atoms with Crippen LogP contribution in [0.25, 0.3) is 10.8 Å². The predicted octanol–water partition coefficient (Wildman–Crippen LogP) is 3.87. The van der Waals surface area contributed by atoms with E-state index >= 15 is 0 Å². The standard InChI is InChI=1S/C23H23N3O3/c1-15-13-20(9-10-21(15)25-16(2)27)26-22(28)11-12-24-23(29)19-8-7-17-5-3-4-6-18(17)14-19/h3-10,13-14H,11-12H2,1-2H3,(H,24,29)(H,25,27)(H,26,28). The Morgan fingerprint density at radius 1 is 0.862 bits per heavy atom. The molecule has 3 amide bonds. The van der Waals surface area contributed by atoms with E-state index in [0.717, 1.165) is 16.3 Å².